The van der Waals surface area contributed by atoms with Crippen LogP contribution in [0.3, 0.4) is 0 Å². The number of carbonyl (C=O) groups excluding carboxylic acids is 2. The quantitative estimate of drug-likeness (QED) is 0.116. The number of nitro benzene ring substituents is 1. The first-order valence-corrected chi connectivity index (χ1v) is 15.6. The fourth-order valence-electron chi connectivity index (χ4n) is 6.52. The number of hydrogen-bond donors (Lipinski definition) is 1. The van der Waals surface area contributed by atoms with E-state index in [1.165, 1.54) is 29.8 Å². The monoisotopic (exact) mass is 607 g/mol. The number of esters is 1. The van der Waals surface area contributed by atoms with E-state index in [1.807, 2.05) is 58.0 Å². The summed E-state index contributed by atoms with van der Waals surface area (Å²) in [5, 5.41) is 14.5. The van der Waals surface area contributed by atoms with Gasteiger partial charge in [0.25, 0.3) is 11.6 Å². The molecule has 2 fully saturated rings. The van der Waals surface area contributed by atoms with Crippen molar-refractivity contribution in [3.63, 3.8) is 0 Å². The highest BCUT2D eigenvalue weighted by Gasteiger charge is 2.35. The van der Waals surface area contributed by atoms with E-state index in [9.17, 15) is 19.7 Å². The lowest BCUT2D eigenvalue weighted by molar-refractivity contribution is -0.384. The van der Waals surface area contributed by atoms with E-state index in [0.29, 0.717) is 31.7 Å². The van der Waals surface area contributed by atoms with Gasteiger partial charge in [-0.25, -0.2) is 9.78 Å². The number of imidazole rings is 1. The van der Waals surface area contributed by atoms with Crippen molar-refractivity contribution in [3.05, 3.63) is 118 Å². The lowest BCUT2D eigenvalue weighted by Gasteiger charge is -2.36. The van der Waals surface area contributed by atoms with Crippen LogP contribution in [0.5, 0.6) is 0 Å². The zero-order valence-electron chi connectivity index (χ0n) is 25.1. The van der Waals surface area contributed by atoms with Gasteiger partial charge in [-0.1, -0.05) is 73.5 Å². The largest absolute Gasteiger partial charge is 0.457 e. The molecule has 45 heavy (non-hydrogen) atoms. The molecule has 0 bridgehead atoms. The molecule has 1 saturated heterocycles. The highest BCUT2D eigenvalue weighted by atomic mass is 16.6. The Hall–Kier alpha value is -4.83. The number of aromatic nitrogens is 2. The van der Waals surface area contributed by atoms with Crippen LogP contribution < -0.4 is 5.32 Å². The van der Waals surface area contributed by atoms with Crippen molar-refractivity contribution >= 4 is 17.6 Å². The van der Waals surface area contributed by atoms with Gasteiger partial charge in [0, 0.05) is 43.4 Å². The van der Waals surface area contributed by atoms with Crippen LogP contribution in [-0.4, -0.2) is 63.0 Å². The first kappa shape index (κ1) is 30.2. The Morgan fingerprint density at radius 2 is 1.64 bits per heavy atom. The standard InChI is InChI=1S/C35H37N5O5/c41-34(38-21-20-36-23-29(38)22-25-10-4-1-5-11-25)32-33(26-12-6-2-7-13-26)39(24-37-32)30-14-8-3-9-15-31(30)45-35(42)27-16-18-28(19-17-27)40(43)44/h1-2,4-7,10-13,16-19,24,29-31,36H,3,8-9,14-15,20-23H2/t29-,30?,31?/m1/s1. The Kier molecular flexibility index (Phi) is 9.30. The zero-order valence-corrected chi connectivity index (χ0v) is 25.1. The van der Waals surface area contributed by atoms with E-state index in [1.54, 1.807) is 6.33 Å². The van der Waals surface area contributed by atoms with Gasteiger partial charge in [-0.3, -0.25) is 14.9 Å². The van der Waals surface area contributed by atoms with Gasteiger partial charge in [-0.05, 0) is 43.4 Å². The second-order valence-corrected chi connectivity index (χ2v) is 11.7. The normalized spacial score (nSPS) is 20.3. The van der Waals surface area contributed by atoms with Crippen molar-refractivity contribution in [3.8, 4) is 11.3 Å². The van der Waals surface area contributed by atoms with Gasteiger partial charge in [0.2, 0.25) is 0 Å². The van der Waals surface area contributed by atoms with Crippen LogP contribution in [0.2, 0.25) is 0 Å². The molecule has 1 aliphatic heterocycles. The second-order valence-electron chi connectivity index (χ2n) is 11.7. The summed E-state index contributed by atoms with van der Waals surface area (Å²) >= 11 is 0. The van der Waals surface area contributed by atoms with E-state index in [-0.39, 0.29) is 29.2 Å². The minimum atomic E-state index is -0.524. The number of piperazine rings is 1. The van der Waals surface area contributed by atoms with Gasteiger partial charge in [-0.15, -0.1) is 0 Å². The van der Waals surface area contributed by atoms with Crippen LogP contribution in [-0.2, 0) is 11.2 Å². The molecule has 0 spiro atoms. The number of hydrogen-bond acceptors (Lipinski definition) is 7. The second kappa shape index (κ2) is 13.9. The maximum Gasteiger partial charge on any atom is 0.338 e. The molecule has 1 aliphatic carbocycles. The van der Waals surface area contributed by atoms with Gasteiger partial charge in [0.15, 0.2) is 5.69 Å². The summed E-state index contributed by atoms with van der Waals surface area (Å²) in [4.78, 5) is 44.9. The zero-order chi connectivity index (χ0) is 31.2. The molecule has 6 rings (SSSR count). The third-order valence-corrected chi connectivity index (χ3v) is 8.82. The highest BCUT2D eigenvalue weighted by Crippen LogP contribution is 2.36. The molecule has 10 heteroatoms. The Labute approximate surface area is 262 Å². The lowest BCUT2D eigenvalue weighted by atomic mass is 10.0. The molecular formula is C35H37N5O5. The van der Waals surface area contributed by atoms with Gasteiger partial charge in [0.1, 0.15) is 6.10 Å². The van der Waals surface area contributed by atoms with E-state index >= 15 is 0 Å². The smallest absolute Gasteiger partial charge is 0.338 e. The molecule has 2 heterocycles. The average molecular weight is 608 g/mol. The highest BCUT2D eigenvalue weighted by molar-refractivity contribution is 5.98. The maximum atomic E-state index is 14.4. The fraction of sp³-hybridized carbons (Fsp3) is 0.343. The third kappa shape index (κ3) is 6.81. The summed E-state index contributed by atoms with van der Waals surface area (Å²) < 4.78 is 8.16. The number of ether oxygens (including phenoxy) is 1. The van der Waals surface area contributed by atoms with Gasteiger partial charge in [-0.2, -0.15) is 0 Å². The minimum absolute atomic E-state index is 0.0179. The summed E-state index contributed by atoms with van der Waals surface area (Å²) in [5.74, 6) is -0.632. The third-order valence-electron chi connectivity index (χ3n) is 8.82. The maximum absolute atomic E-state index is 14.4. The molecule has 1 aromatic heterocycles. The Morgan fingerprint density at radius 3 is 2.38 bits per heavy atom. The molecule has 2 aliphatic rings. The molecule has 3 aromatic carbocycles. The number of carbonyl (C=O) groups is 2. The topological polar surface area (TPSA) is 120 Å². The van der Waals surface area contributed by atoms with Crippen molar-refractivity contribution in [2.45, 2.75) is 56.7 Å². The Bertz CT molecular complexity index is 1620. The number of non-ortho nitro benzene ring substituents is 1. The predicted octanol–water partition coefficient (Wildman–Crippen LogP) is 5.85. The van der Waals surface area contributed by atoms with Crippen molar-refractivity contribution in [2.75, 3.05) is 19.6 Å². The van der Waals surface area contributed by atoms with Crippen LogP contribution in [0.25, 0.3) is 11.3 Å². The van der Waals surface area contributed by atoms with Crippen molar-refractivity contribution < 1.29 is 19.2 Å². The summed E-state index contributed by atoms with van der Waals surface area (Å²) in [5.41, 5.74) is 3.34. The van der Waals surface area contributed by atoms with Gasteiger partial charge in [0.05, 0.1) is 28.5 Å². The molecular weight excluding hydrogens is 570 g/mol. The van der Waals surface area contributed by atoms with Crippen LogP contribution in [0.1, 0.15) is 64.6 Å². The molecule has 1 N–H and O–H groups in total. The van der Waals surface area contributed by atoms with Crippen LogP contribution in [0.4, 0.5) is 5.69 Å². The summed E-state index contributed by atoms with van der Waals surface area (Å²) in [7, 11) is 0. The minimum Gasteiger partial charge on any atom is -0.457 e. The first-order chi connectivity index (χ1) is 22.0. The van der Waals surface area contributed by atoms with Crippen LogP contribution in [0.15, 0.2) is 91.3 Å². The Morgan fingerprint density at radius 1 is 0.933 bits per heavy atom. The number of benzene rings is 3. The number of nitrogens with one attached hydrogen (secondary N) is 1. The van der Waals surface area contributed by atoms with Gasteiger partial charge < -0.3 is 19.5 Å². The SMILES string of the molecule is O=C(OC1CCCCCC1n1cnc(C(=O)N2CCNC[C@H]2Cc2ccccc2)c1-c1ccccc1)c1ccc([N+](=O)[O-])cc1. The van der Waals surface area contributed by atoms with Crippen LogP contribution >= 0.6 is 0 Å². The molecule has 232 valence electrons. The molecule has 0 radical (unpaired) electrons. The summed E-state index contributed by atoms with van der Waals surface area (Å²) in [6.45, 7) is 1.99. The predicted molar refractivity (Wildman–Crippen MR) is 170 cm³/mol. The van der Waals surface area contributed by atoms with Crippen molar-refractivity contribution in [2.24, 2.45) is 0 Å². The lowest BCUT2D eigenvalue weighted by Crippen LogP contribution is -2.54. The number of nitro groups is 1. The number of rotatable bonds is 8. The van der Waals surface area contributed by atoms with E-state index < -0.39 is 17.0 Å². The van der Waals surface area contributed by atoms with E-state index in [0.717, 1.165) is 43.4 Å². The van der Waals surface area contributed by atoms with Gasteiger partial charge >= 0.3 is 5.97 Å². The van der Waals surface area contributed by atoms with Crippen LogP contribution in [0, 0.1) is 10.1 Å². The Balaban J connectivity index is 1.33. The van der Waals surface area contributed by atoms with E-state index in [4.69, 9.17) is 9.72 Å². The van der Waals surface area contributed by atoms with E-state index in [2.05, 4.69) is 17.4 Å². The first-order valence-electron chi connectivity index (χ1n) is 15.6. The average Bonchev–Trinajstić information content (AvgIpc) is 3.39. The molecule has 1 amide bonds. The van der Waals surface area contributed by atoms with Crippen molar-refractivity contribution in [1.29, 1.82) is 0 Å². The van der Waals surface area contributed by atoms with Crippen molar-refractivity contribution in [1.82, 2.24) is 19.8 Å². The summed E-state index contributed by atoms with van der Waals surface area (Å²) in [6, 6.07) is 25.2. The fourth-order valence-corrected chi connectivity index (χ4v) is 6.52. The number of amides is 1. The molecule has 4 aromatic rings. The molecule has 1 saturated carbocycles. The molecule has 2 unspecified atom stereocenters. The molecule has 3 atom stereocenters. The number of nitrogens with zero attached hydrogens (tertiary/aromatic N) is 4. The molecule has 10 nitrogen and oxygen atoms in total. The summed E-state index contributed by atoms with van der Waals surface area (Å²) in [6.07, 6.45) is 6.28.